The Bertz CT molecular complexity index is 406. The van der Waals surface area contributed by atoms with Crippen molar-refractivity contribution in [2.75, 3.05) is 19.6 Å². The number of halogens is 2. The predicted octanol–water partition coefficient (Wildman–Crippen LogP) is 2.66. The Balaban J connectivity index is 2.05. The van der Waals surface area contributed by atoms with Crippen molar-refractivity contribution >= 4 is 11.6 Å². The van der Waals surface area contributed by atoms with E-state index in [2.05, 4.69) is 24.1 Å². The molecule has 0 bridgehead atoms. The van der Waals surface area contributed by atoms with E-state index in [4.69, 9.17) is 11.6 Å². The van der Waals surface area contributed by atoms with Crippen LogP contribution in [0, 0.1) is 5.82 Å². The molecule has 1 fully saturated rings. The zero-order chi connectivity index (χ0) is 12.5. The molecule has 0 atom stereocenters. The molecule has 17 heavy (non-hydrogen) atoms. The molecule has 0 saturated carbocycles. The zero-order valence-electron chi connectivity index (χ0n) is 10.3. The topological polar surface area (TPSA) is 15.3 Å². The van der Waals surface area contributed by atoms with Crippen LogP contribution in [0.3, 0.4) is 0 Å². The highest BCUT2D eigenvalue weighted by atomic mass is 35.5. The van der Waals surface area contributed by atoms with Crippen LogP contribution in [-0.4, -0.2) is 30.1 Å². The summed E-state index contributed by atoms with van der Waals surface area (Å²) in [5.41, 5.74) is 1.12. The van der Waals surface area contributed by atoms with Crippen molar-refractivity contribution < 1.29 is 4.39 Å². The average Bonchev–Trinajstić information content (AvgIpc) is 2.21. The molecule has 1 aliphatic heterocycles. The number of piperazine rings is 1. The maximum atomic E-state index is 12.9. The maximum Gasteiger partial charge on any atom is 0.124 e. The van der Waals surface area contributed by atoms with E-state index in [1.54, 1.807) is 6.07 Å². The second-order valence-corrected chi connectivity index (χ2v) is 5.66. The number of nitrogens with one attached hydrogen (secondary N) is 1. The van der Waals surface area contributed by atoms with Crippen molar-refractivity contribution in [1.82, 2.24) is 10.2 Å². The molecule has 0 aliphatic carbocycles. The number of hydrogen-bond acceptors (Lipinski definition) is 2. The van der Waals surface area contributed by atoms with Crippen LogP contribution in [0.25, 0.3) is 0 Å². The smallest absolute Gasteiger partial charge is 0.124 e. The zero-order valence-corrected chi connectivity index (χ0v) is 11.0. The summed E-state index contributed by atoms with van der Waals surface area (Å²) in [6.45, 7) is 8.10. The second-order valence-electron chi connectivity index (χ2n) is 5.26. The Morgan fingerprint density at radius 2 is 2.24 bits per heavy atom. The van der Waals surface area contributed by atoms with E-state index >= 15 is 0 Å². The van der Waals surface area contributed by atoms with E-state index in [1.807, 2.05) is 0 Å². The van der Waals surface area contributed by atoms with Gasteiger partial charge in [0.25, 0.3) is 0 Å². The van der Waals surface area contributed by atoms with Gasteiger partial charge in [0.05, 0.1) is 0 Å². The van der Waals surface area contributed by atoms with Gasteiger partial charge in [-0.05, 0) is 31.5 Å². The summed E-state index contributed by atoms with van der Waals surface area (Å²) < 4.78 is 12.9. The van der Waals surface area contributed by atoms with E-state index in [0.29, 0.717) is 5.02 Å². The minimum atomic E-state index is -0.278. The molecule has 0 radical (unpaired) electrons. The normalized spacial score (nSPS) is 20.5. The summed E-state index contributed by atoms with van der Waals surface area (Å²) in [6.07, 6.45) is 0. The highest BCUT2D eigenvalue weighted by Gasteiger charge is 2.25. The molecule has 4 heteroatoms. The number of hydrogen-bond donors (Lipinski definition) is 1. The standard InChI is InChI=1S/C13H18ClFN2/c1-13(2)9-17(6-5-16-13)8-10-3-4-11(15)7-12(10)14/h3-4,7,16H,5-6,8-9H2,1-2H3. The van der Waals surface area contributed by atoms with Gasteiger partial charge in [0.1, 0.15) is 5.82 Å². The lowest BCUT2D eigenvalue weighted by Crippen LogP contribution is -2.56. The molecular weight excluding hydrogens is 239 g/mol. The summed E-state index contributed by atoms with van der Waals surface area (Å²) in [4.78, 5) is 2.34. The fourth-order valence-corrected chi connectivity index (χ4v) is 2.50. The lowest BCUT2D eigenvalue weighted by molar-refractivity contribution is 0.148. The van der Waals surface area contributed by atoms with Crippen LogP contribution in [0.4, 0.5) is 4.39 Å². The third-order valence-corrected chi connectivity index (χ3v) is 3.41. The molecule has 2 rings (SSSR count). The Morgan fingerprint density at radius 1 is 1.47 bits per heavy atom. The molecule has 0 aromatic heterocycles. The van der Waals surface area contributed by atoms with Crippen molar-refractivity contribution in [2.24, 2.45) is 0 Å². The van der Waals surface area contributed by atoms with Crippen molar-refractivity contribution in [3.63, 3.8) is 0 Å². The van der Waals surface area contributed by atoms with Gasteiger partial charge >= 0.3 is 0 Å². The van der Waals surface area contributed by atoms with Gasteiger partial charge in [-0.3, -0.25) is 4.90 Å². The van der Waals surface area contributed by atoms with Gasteiger partial charge < -0.3 is 5.32 Å². The van der Waals surface area contributed by atoms with Crippen molar-refractivity contribution in [1.29, 1.82) is 0 Å². The van der Waals surface area contributed by atoms with Gasteiger partial charge in [0.2, 0.25) is 0 Å². The first-order valence-corrected chi connectivity index (χ1v) is 6.25. The van der Waals surface area contributed by atoms with Crippen molar-refractivity contribution in [2.45, 2.75) is 25.9 Å². The van der Waals surface area contributed by atoms with Crippen LogP contribution in [0.5, 0.6) is 0 Å². The minimum absolute atomic E-state index is 0.130. The highest BCUT2D eigenvalue weighted by Crippen LogP contribution is 2.20. The first-order valence-electron chi connectivity index (χ1n) is 5.88. The second kappa shape index (κ2) is 4.92. The van der Waals surface area contributed by atoms with Gasteiger partial charge in [-0.1, -0.05) is 17.7 Å². The van der Waals surface area contributed by atoms with Crippen LogP contribution >= 0.6 is 11.6 Å². The van der Waals surface area contributed by atoms with Crippen LogP contribution in [0.2, 0.25) is 5.02 Å². The molecule has 0 unspecified atom stereocenters. The predicted molar refractivity (Wildman–Crippen MR) is 68.8 cm³/mol. The molecule has 1 N–H and O–H groups in total. The number of benzene rings is 1. The summed E-state index contributed by atoms with van der Waals surface area (Å²) in [5.74, 6) is -0.278. The SMILES string of the molecule is CC1(C)CN(Cc2ccc(F)cc2Cl)CCN1. The largest absolute Gasteiger partial charge is 0.309 e. The van der Waals surface area contributed by atoms with E-state index in [0.717, 1.165) is 31.7 Å². The van der Waals surface area contributed by atoms with Crippen molar-refractivity contribution in [3.8, 4) is 0 Å². The summed E-state index contributed by atoms with van der Waals surface area (Å²) in [5, 5.41) is 3.98. The van der Waals surface area contributed by atoms with E-state index in [-0.39, 0.29) is 11.4 Å². The Kier molecular flexibility index (Phi) is 3.71. The molecule has 1 aromatic carbocycles. The minimum Gasteiger partial charge on any atom is -0.309 e. The number of nitrogens with zero attached hydrogens (tertiary/aromatic N) is 1. The van der Waals surface area contributed by atoms with Gasteiger partial charge in [-0.2, -0.15) is 0 Å². The van der Waals surface area contributed by atoms with Gasteiger partial charge in [-0.15, -0.1) is 0 Å². The van der Waals surface area contributed by atoms with E-state index in [1.165, 1.54) is 12.1 Å². The third kappa shape index (κ3) is 3.41. The van der Waals surface area contributed by atoms with Gasteiger partial charge in [0, 0.05) is 36.7 Å². The maximum absolute atomic E-state index is 12.9. The lowest BCUT2D eigenvalue weighted by atomic mass is 10.0. The molecule has 1 saturated heterocycles. The third-order valence-electron chi connectivity index (χ3n) is 3.06. The highest BCUT2D eigenvalue weighted by molar-refractivity contribution is 6.31. The monoisotopic (exact) mass is 256 g/mol. The first-order chi connectivity index (χ1) is 7.96. The molecule has 2 nitrogen and oxygen atoms in total. The molecule has 0 amide bonds. The Labute approximate surface area is 107 Å². The molecule has 0 spiro atoms. The van der Waals surface area contributed by atoms with Crippen LogP contribution < -0.4 is 5.32 Å². The van der Waals surface area contributed by atoms with Crippen molar-refractivity contribution in [3.05, 3.63) is 34.6 Å². The lowest BCUT2D eigenvalue weighted by Gasteiger charge is -2.39. The van der Waals surface area contributed by atoms with Gasteiger partial charge in [0.15, 0.2) is 0 Å². The van der Waals surface area contributed by atoms with Crippen LogP contribution in [-0.2, 0) is 6.54 Å². The molecule has 1 aliphatic rings. The molecule has 1 aromatic rings. The molecule has 1 heterocycles. The fraction of sp³-hybridized carbons (Fsp3) is 0.538. The average molecular weight is 257 g/mol. The molecular formula is C13H18ClFN2. The Morgan fingerprint density at radius 3 is 2.88 bits per heavy atom. The number of rotatable bonds is 2. The van der Waals surface area contributed by atoms with Crippen LogP contribution in [0.15, 0.2) is 18.2 Å². The Hall–Kier alpha value is -0.640. The molecule has 94 valence electrons. The van der Waals surface area contributed by atoms with Gasteiger partial charge in [-0.25, -0.2) is 4.39 Å². The quantitative estimate of drug-likeness (QED) is 0.875. The van der Waals surface area contributed by atoms with E-state index in [9.17, 15) is 4.39 Å². The summed E-state index contributed by atoms with van der Waals surface area (Å²) in [6, 6.07) is 4.62. The summed E-state index contributed by atoms with van der Waals surface area (Å²) in [7, 11) is 0. The van der Waals surface area contributed by atoms with E-state index < -0.39 is 0 Å². The first kappa shape index (κ1) is 12.8. The summed E-state index contributed by atoms with van der Waals surface area (Å²) >= 11 is 6.04. The van der Waals surface area contributed by atoms with Crippen LogP contribution in [0.1, 0.15) is 19.4 Å². The fourth-order valence-electron chi connectivity index (χ4n) is 2.27.